The van der Waals surface area contributed by atoms with Gasteiger partial charge >= 0.3 is 0 Å². The number of carbonyl (C=O) groups is 1. The van der Waals surface area contributed by atoms with E-state index in [0.717, 1.165) is 22.5 Å². The van der Waals surface area contributed by atoms with Gasteiger partial charge in [0.05, 0.1) is 21.3 Å². The predicted octanol–water partition coefficient (Wildman–Crippen LogP) is 4.53. The van der Waals surface area contributed by atoms with E-state index in [4.69, 9.17) is 0 Å². The number of thiazole rings is 1. The Morgan fingerprint density at radius 1 is 1.33 bits per heavy atom. The van der Waals surface area contributed by atoms with Crippen LogP contribution in [-0.4, -0.2) is 16.1 Å². The molecule has 2 heterocycles. The average Bonchev–Trinajstić information content (AvgIpc) is 3.20. The molecule has 1 saturated carbocycles. The summed E-state index contributed by atoms with van der Waals surface area (Å²) in [6, 6.07) is 6.13. The first kappa shape index (κ1) is 15.6. The van der Waals surface area contributed by atoms with Crippen LogP contribution in [0.15, 0.2) is 33.5 Å². The molecule has 1 aliphatic heterocycles. The van der Waals surface area contributed by atoms with Crippen LogP contribution in [0, 0.1) is 13.8 Å². The molecule has 1 saturated heterocycles. The third-order valence-corrected chi connectivity index (χ3v) is 5.92. The molecule has 2 aromatic rings. The predicted molar refractivity (Wildman–Crippen MR) is 101 cm³/mol. The quantitative estimate of drug-likeness (QED) is 0.823. The highest BCUT2D eigenvalue weighted by Gasteiger charge is 2.27. The molecule has 4 rings (SSSR count). The van der Waals surface area contributed by atoms with Crippen molar-refractivity contribution in [3.05, 3.63) is 50.3 Å². The van der Waals surface area contributed by atoms with Gasteiger partial charge in [0.15, 0.2) is 5.17 Å². The van der Waals surface area contributed by atoms with Crippen molar-refractivity contribution in [1.29, 1.82) is 0 Å². The van der Waals surface area contributed by atoms with Crippen molar-refractivity contribution >= 4 is 45.9 Å². The van der Waals surface area contributed by atoms with Crippen molar-refractivity contribution in [2.45, 2.75) is 32.6 Å². The molecule has 1 aromatic carbocycles. The Kier molecular flexibility index (Phi) is 4.02. The number of amides is 1. The summed E-state index contributed by atoms with van der Waals surface area (Å²) in [4.78, 5) is 22.0. The molecule has 0 bridgehead atoms. The SMILES string of the molecule is Cc1ccc(C)c(N=C2NC(=O)/C(=C/c3csc(C4CC4)n3)S2)c1. The first-order valence-electron chi connectivity index (χ1n) is 7.91. The number of hydrogen-bond acceptors (Lipinski definition) is 5. The number of nitrogens with zero attached hydrogens (tertiary/aromatic N) is 2. The zero-order valence-electron chi connectivity index (χ0n) is 13.5. The minimum absolute atomic E-state index is 0.106. The lowest BCUT2D eigenvalue weighted by Gasteiger charge is -2.02. The Bertz CT molecular complexity index is 878. The van der Waals surface area contributed by atoms with Gasteiger partial charge in [0.1, 0.15) is 0 Å². The van der Waals surface area contributed by atoms with Crippen molar-refractivity contribution in [3.8, 4) is 0 Å². The summed E-state index contributed by atoms with van der Waals surface area (Å²) in [7, 11) is 0. The summed E-state index contributed by atoms with van der Waals surface area (Å²) in [6.07, 6.45) is 4.34. The van der Waals surface area contributed by atoms with Gasteiger partial charge in [-0.25, -0.2) is 9.98 Å². The van der Waals surface area contributed by atoms with Gasteiger partial charge in [0.25, 0.3) is 5.91 Å². The Morgan fingerprint density at radius 3 is 2.96 bits per heavy atom. The second-order valence-corrected chi connectivity index (χ2v) is 8.08. The van der Waals surface area contributed by atoms with Crippen molar-refractivity contribution in [2.75, 3.05) is 0 Å². The molecule has 1 N–H and O–H groups in total. The highest BCUT2D eigenvalue weighted by molar-refractivity contribution is 8.18. The third kappa shape index (κ3) is 3.30. The van der Waals surface area contributed by atoms with E-state index in [2.05, 4.69) is 21.4 Å². The lowest BCUT2D eigenvalue weighted by Crippen LogP contribution is -2.19. The van der Waals surface area contributed by atoms with E-state index < -0.39 is 0 Å². The molecule has 4 nitrogen and oxygen atoms in total. The molecule has 6 heteroatoms. The van der Waals surface area contributed by atoms with Crippen LogP contribution in [0.4, 0.5) is 5.69 Å². The van der Waals surface area contributed by atoms with Crippen molar-refractivity contribution < 1.29 is 4.79 Å². The van der Waals surface area contributed by atoms with Crippen LogP contribution in [0.1, 0.15) is 40.6 Å². The average molecular weight is 355 g/mol. The number of carbonyl (C=O) groups excluding carboxylic acids is 1. The van der Waals surface area contributed by atoms with Gasteiger partial charge in [0, 0.05) is 11.3 Å². The van der Waals surface area contributed by atoms with Crippen LogP contribution < -0.4 is 5.32 Å². The molecule has 2 aliphatic rings. The normalized spacial score (nSPS) is 20.8. The van der Waals surface area contributed by atoms with Gasteiger partial charge in [-0.3, -0.25) is 4.79 Å². The fourth-order valence-electron chi connectivity index (χ4n) is 2.45. The minimum atomic E-state index is -0.106. The lowest BCUT2D eigenvalue weighted by molar-refractivity contribution is -0.115. The molecular formula is C18H17N3OS2. The van der Waals surface area contributed by atoms with Crippen molar-refractivity contribution in [2.24, 2.45) is 4.99 Å². The van der Waals surface area contributed by atoms with E-state index in [1.54, 1.807) is 11.3 Å². The Morgan fingerprint density at radius 2 is 2.17 bits per heavy atom. The van der Waals surface area contributed by atoms with Gasteiger partial charge in [-0.2, -0.15) is 0 Å². The Balaban J connectivity index is 1.56. The summed E-state index contributed by atoms with van der Waals surface area (Å²) in [5.74, 6) is 0.540. The molecule has 2 fully saturated rings. The van der Waals surface area contributed by atoms with Crippen molar-refractivity contribution in [3.63, 3.8) is 0 Å². The largest absolute Gasteiger partial charge is 0.300 e. The fourth-order valence-corrected chi connectivity index (χ4v) is 4.22. The third-order valence-electron chi connectivity index (χ3n) is 3.98. The van der Waals surface area contributed by atoms with Gasteiger partial charge in [0.2, 0.25) is 0 Å². The van der Waals surface area contributed by atoms with Crippen LogP contribution in [0.2, 0.25) is 0 Å². The van der Waals surface area contributed by atoms with E-state index in [1.165, 1.54) is 29.6 Å². The maximum atomic E-state index is 12.2. The van der Waals surface area contributed by atoms with Crippen LogP contribution in [0.3, 0.4) is 0 Å². The van der Waals surface area contributed by atoms with Crippen LogP contribution in [-0.2, 0) is 4.79 Å². The molecular weight excluding hydrogens is 338 g/mol. The smallest absolute Gasteiger partial charge is 0.264 e. The van der Waals surface area contributed by atoms with Crippen LogP contribution >= 0.6 is 23.1 Å². The first-order chi connectivity index (χ1) is 11.6. The van der Waals surface area contributed by atoms with Gasteiger partial charge in [-0.05, 0) is 61.7 Å². The first-order valence-corrected chi connectivity index (χ1v) is 9.60. The molecule has 1 aromatic heterocycles. The maximum absolute atomic E-state index is 12.2. The standard InChI is InChI=1S/C18H17N3OS2/c1-10-3-4-11(2)14(7-10)20-18-21-16(22)15(24-18)8-13-9-23-17(19-13)12-5-6-12/h3-4,7-9,12H,5-6H2,1-2H3,(H,20,21,22)/b15-8-. The monoisotopic (exact) mass is 355 g/mol. The van der Waals surface area contributed by atoms with Gasteiger partial charge < -0.3 is 5.32 Å². The Hall–Kier alpha value is -1.92. The second kappa shape index (κ2) is 6.18. The minimum Gasteiger partial charge on any atom is -0.300 e. The summed E-state index contributed by atoms with van der Waals surface area (Å²) in [5.41, 5.74) is 4.00. The molecule has 1 aliphatic carbocycles. The van der Waals surface area contributed by atoms with Gasteiger partial charge in [-0.1, -0.05) is 12.1 Å². The van der Waals surface area contributed by atoms with Gasteiger partial charge in [-0.15, -0.1) is 11.3 Å². The van der Waals surface area contributed by atoms with E-state index in [0.29, 0.717) is 16.0 Å². The molecule has 122 valence electrons. The number of benzene rings is 1. The number of aromatic nitrogens is 1. The summed E-state index contributed by atoms with van der Waals surface area (Å²) in [5, 5.41) is 6.68. The number of aliphatic imine (C=N–C) groups is 1. The van der Waals surface area contributed by atoms with E-state index in [-0.39, 0.29) is 5.91 Å². The zero-order chi connectivity index (χ0) is 16.7. The fraction of sp³-hybridized carbons (Fsp3) is 0.278. The number of aryl methyl sites for hydroxylation is 2. The maximum Gasteiger partial charge on any atom is 0.264 e. The summed E-state index contributed by atoms with van der Waals surface area (Å²) in [6.45, 7) is 4.06. The van der Waals surface area contributed by atoms with E-state index in [9.17, 15) is 4.79 Å². The highest BCUT2D eigenvalue weighted by atomic mass is 32.2. The molecule has 24 heavy (non-hydrogen) atoms. The molecule has 0 unspecified atom stereocenters. The molecule has 1 amide bonds. The number of hydrogen-bond donors (Lipinski definition) is 1. The summed E-state index contributed by atoms with van der Waals surface area (Å²) >= 11 is 3.06. The number of thioether (sulfide) groups is 1. The van der Waals surface area contributed by atoms with Crippen LogP contribution in [0.5, 0.6) is 0 Å². The highest BCUT2D eigenvalue weighted by Crippen LogP contribution is 2.41. The number of rotatable bonds is 3. The van der Waals surface area contributed by atoms with E-state index >= 15 is 0 Å². The van der Waals surface area contributed by atoms with E-state index in [1.807, 2.05) is 37.4 Å². The molecule has 0 spiro atoms. The zero-order valence-corrected chi connectivity index (χ0v) is 15.1. The van der Waals surface area contributed by atoms with Crippen LogP contribution in [0.25, 0.3) is 6.08 Å². The number of nitrogens with one attached hydrogen (secondary N) is 1. The topological polar surface area (TPSA) is 54.4 Å². The lowest BCUT2D eigenvalue weighted by atomic mass is 10.1. The van der Waals surface area contributed by atoms with Crippen molar-refractivity contribution in [1.82, 2.24) is 10.3 Å². The molecule has 0 radical (unpaired) electrons. The summed E-state index contributed by atoms with van der Waals surface area (Å²) < 4.78 is 0. The second-order valence-electron chi connectivity index (χ2n) is 6.16. The Labute approximate surface area is 149 Å². The molecule has 0 atom stereocenters. The number of amidine groups is 1.